The summed E-state index contributed by atoms with van der Waals surface area (Å²) >= 11 is 1.23. The maximum Gasteiger partial charge on any atom is 0.269 e. The van der Waals surface area contributed by atoms with E-state index in [1.54, 1.807) is 18.6 Å². The highest BCUT2D eigenvalue weighted by Crippen LogP contribution is 2.32. The lowest BCUT2D eigenvalue weighted by molar-refractivity contribution is 0.418. The SMILES string of the molecule is CNC(C)Cc1noc(-c2sccc2S(=O)(=O)Nc2cnn(C)c2)n1. The molecular weight excluding hydrogens is 364 g/mol. The molecule has 0 amide bonds. The predicted molar refractivity (Wildman–Crippen MR) is 93.9 cm³/mol. The van der Waals surface area contributed by atoms with Crippen LogP contribution in [0.3, 0.4) is 0 Å². The van der Waals surface area contributed by atoms with Crippen molar-refractivity contribution in [3.8, 4) is 10.8 Å². The molecule has 0 aliphatic rings. The molecule has 3 aromatic heterocycles. The lowest BCUT2D eigenvalue weighted by Gasteiger charge is -2.05. The van der Waals surface area contributed by atoms with Crippen molar-refractivity contribution in [3.63, 3.8) is 0 Å². The first-order valence-electron chi connectivity index (χ1n) is 7.48. The number of aromatic nitrogens is 4. The minimum Gasteiger partial charge on any atom is -0.333 e. The highest BCUT2D eigenvalue weighted by molar-refractivity contribution is 7.93. The number of rotatable bonds is 7. The van der Waals surface area contributed by atoms with Crippen molar-refractivity contribution in [3.05, 3.63) is 29.7 Å². The molecule has 0 aliphatic heterocycles. The van der Waals surface area contributed by atoms with Crippen molar-refractivity contribution in [1.29, 1.82) is 0 Å². The number of thiophene rings is 1. The van der Waals surface area contributed by atoms with E-state index in [-0.39, 0.29) is 16.8 Å². The summed E-state index contributed by atoms with van der Waals surface area (Å²) < 4.78 is 34.6. The quantitative estimate of drug-likeness (QED) is 0.636. The Morgan fingerprint density at radius 1 is 1.44 bits per heavy atom. The van der Waals surface area contributed by atoms with Crippen LogP contribution < -0.4 is 10.0 Å². The molecule has 0 spiro atoms. The molecule has 2 N–H and O–H groups in total. The molecule has 9 nitrogen and oxygen atoms in total. The molecule has 1 atom stereocenters. The molecule has 0 radical (unpaired) electrons. The van der Waals surface area contributed by atoms with Crippen LogP contribution >= 0.6 is 11.3 Å². The van der Waals surface area contributed by atoms with E-state index in [9.17, 15) is 8.42 Å². The molecule has 0 fully saturated rings. The predicted octanol–water partition coefficient (Wildman–Crippen LogP) is 1.48. The second-order valence-corrected chi connectivity index (χ2v) is 8.10. The molecule has 3 rings (SSSR count). The van der Waals surface area contributed by atoms with Gasteiger partial charge in [0.2, 0.25) is 0 Å². The number of likely N-dealkylation sites (N-methyl/N-ethyl adjacent to an activating group) is 1. The minimum absolute atomic E-state index is 0.0956. The van der Waals surface area contributed by atoms with Gasteiger partial charge in [0.1, 0.15) is 9.77 Å². The van der Waals surface area contributed by atoms with Crippen LogP contribution in [-0.4, -0.2) is 41.4 Å². The number of sulfonamides is 1. The summed E-state index contributed by atoms with van der Waals surface area (Å²) in [5.74, 6) is 0.716. The number of hydrogen-bond acceptors (Lipinski definition) is 8. The molecule has 11 heteroatoms. The van der Waals surface area contributed by atoms with Gasteiger partial charge in [-0.15, -0.1) is 11.3 Å². The number of nitrogens with one attached hydrogen (secondary N) is 2. The first-order valence-corrected chi connectivity index (χ1v) is 9.84. The van der Waals surface area contributed by atoms with Gasteiger partial charge in [-0.05, 0) is 25.4 Å². The molecule has 0 saturated carbocycles. The van der Waals surface area contributed by atoms with Crippen molar-refractivity contribution in [1.82, 2.24) is 25.2 Å². The van der Waals surface area contributed by atoms with Crippen molar-refractivity contribution in [2.75, 3.05) is 11.8 Å². The minimum atomic E-state index is -3.79. The summed E-state index contributed by atoms with van der Waals surface area (Å²) in [4.78, 5) is 4.81. The van der Waals surface area contributed by atoms with Gasteiger partial charge in [0, 0.05) is 25.7 Å². The first kappa shape index (κ1) is 17.6. The molecular formula is C14H18N6O3S2. The molecule has 1 unspecified atom stereocenters. The summed E-state index contributed by atoms with van der Waals surface area (Å²) in [6, 6.07) is 1.70. The summed E-state index contributed by atoms with van der Waals surface area (Å²) in [7, 11) is -0.232. The fourth-order valence-corrected chi connectivity index (χ4v) is 4.53. The van der Waals surface area contributed by atoms with Gasteiger partial charge < -0.3 is 9.84 Å². The standard InChI is InChI=1S/C14H18N6O3S2/c1-9(15-2)6-12-17-14(23-18-12)13-11(4-5-24-13)25(21,22)19-10-7-16-20(3)8-10/h4-5,7-9,15,19H,6H2,1-3H3. The molecule has 134 valence electrons. The van der Waals surface area contributed by atoms with Gasteiger partial charge in [-0.3, -0.25) is 9.40 Å². The normalized spacial score (nSPS) is 13.1. The molecule has 3 heterocycles. The summed E-state index contributed by atoms with van der Waals surface area (Å²) in [5.41, 5.74) is 0.383. The number of anilines is 1. The number of nitrogens with zero attached hydrogens (tertiary/aromatic N) is 4. The van der Waals surface area contributed by atoms with Crippen molar-refractivity contribution < 1.29 is 12.9 Å². The molecule has 0 saturated heterocycles. The average Bonchev–Trinajstić information content (AvgIpc) is 3.27. The third kappa shape index (κ3) is 3.89. The molecule has 3 aromatic rings. The van der Waals surface area contributed by atoms with Crippen LogP contribution in [0, 0.1) is 0 Å². The van der Waals surface area contributed by atoms with Crippen molar-refractivity contribution in [2.45, 2.75) is 24.3 Å². The lowest BCUT2D eigenvalue weighted by atomic mass is 10.2. The topological polar surface area (TPSA) is 115 Å². The Bertz CT molecular complexity index is 959. The van der Waals surface area contributed by atoms with Crippen molar-refractivity contribution in [2.24, 2.45) is 7.05 Å². The van der Waals surface area contributed by atoms with Crippen LogP contribution in [-0.2, 0) is 23.5 Å². The van der Waals surface area contributed by atoms with Crippen LogP contribution in [0.1, 0.15) is 12.7 Å². The maximum atomic E-state index is 12.7. The summed E-state index contributed by atoms with van der Waals surface area (Å²) in [5, 5.41) is 12.6. The van der Waals surface area contributed by atoms with E-state index in [2.05, 4.69) is 25.3 Å². The van der Waals surface area contributed by atoms with Crippen LogP contribution in [0.2, 0.25) is 0 Å². The number of aryl methyl sites for hydroxylation is 1. The van der Waals surface area contributed by atoms with Gasteiger partial charge >= 0.3 is 0 Å². The van der Waals surface area contributed by atoms with Gasteiger partial charge in [0.05, 0.1) is 11.9 Å². The van der Waals surface area contributed by atoms with Crippen LogP contribution in [0.15, 0.2) is 33.3 Å². The fraction of sp³-hybridized carbons (Fsp3) is 0.357. The van der Waals surface area contributed by atoms with E-state index < -0.39 is 10.0 Å². The van der Waals surface area contributed by atoms with Gasteiger partial charge in [0.25, 0.3) is 15.9 Å². The highest BCUT2D eigenvalue weighted by Gasteiger charge is 2.25. The Kier molecular flexibility index (Phi) is 4.88. The molecule has 25 heavy (non-hydrogen) atoms. The van der Waals surface area contributed by atoms with E-state index in [0.29, 0.717) is 22.8 Å². The van der Waals surface area contributed by atoms with Gasteiger partial charge in [-0.1, -0.05) is 5.16 Å². The highest BCUT2D eigenvalue weighted by atomic mass is 32.2. The zero-order valence-corrected chi connectivity index (χ0v) is 15.6. The molecule has 0 aliphatic carbocycles. The van der Waals surface area contributed by atoms with Crippen LogP contribution in [0.25, 0.3) is 10.8 Å². The maximum absolute atomic E-state index is 12.7. The summed E-state index contributed by atoms with van der Waals surface area (Å²) in [6.45, 7) is 1.99. The Morgan fingerprint density at radius 2 is 2.24 bits per heavy atom. The van der Waals surface area contributed by atoms with E-state index in [1.807, 2.05) is 14.0 Å². The van der Waals surface area contributed by atoms with Gasteiger partial charge in [-0.2, -0.15) is 10.1 Å². The van der Waals surface area contributed by atoms with E-state index in [0.717, 1.165) is 0 Å². The third-order valence-electron chi connectivity index (χ3n) is 3.52. The first-order chi connectivity index (χ1) is 11.9. The van der Waals surface area contributed by atoms with Crippen LogP contribution in [0.4, 0.5) is 5.69 Å². The fourth-order valence-electron chi connectivity index (χ4n) is 2.15. The lowest BCUT2D eigenvalue weighted by Crippen LogP contribution is -2.24. The molecule has 0 aromatic carbocycles. The zero-order chi connectivity index (χ0) is 18.0. The monoisotopic (exact) mass is 382 g/mol. The van der Waals surface area contributed by atoms with E-state index in [1.165, 1.54) is 28.3 Å². The Labute approximate surface area is 149 Å². The zero-order valence-electron chi connectivity index (χ0n) is 13.9. The Hall–Kier alpha value is -2.24. The molecule has 0 bridgehead atoms. The second-order valence-electron chi connectivity index (χ2n) is 5.53. The second kappa shape index (κ2) is 6.94. The van der Waals surface area contributed by atoms with Crippen molar-refractivity contribution >= 4 is 27.0 Å². The third-order valence-corrected chi connectivity index (χ3v) is 5.97. The smallest absolute Gasteiger partial charge is 0.269 e. The van der Waals surface area contributed by atoms with E-state index in [4.69, 9.17) is 4.52 Å². The Balaban J connectivity index is 1.87. The van der Waals surface area contributed by atoms with Gasteiger partial charge in [0.15, 0.2) is 5.82 Å². The van der Waals surface area contributed by atoms with Gasteiger partial charge in [-0.25, -0.2) is 8.42 Å². The Morgan fingerprint density at radius 3 is 2.92 bits per heavy atom. The van der Waals surface area contributed by atoms with E-state index >= 15 is 0 Å². The largest absolute Gasteiger partial charge is 0.333 e. The summed E-state index contributed by atoms with van der Waals surface area (Å²) in [6.07, 6.45) is 3.60. The average molecular weight is 382 g/mol. The van der Waals surface area contributed by atoms with Crippen LogP contribution in [0.5, 0.6) is 0 Å². The number of hydrogen-bond donors (Lipinski definition) is 2.